The lowest BCUT2D eigenvalue weighted by molar-refractivity contribution is 0.381. The van der Waals surface area contributed by atoms with Crippen LogP contribution in [0.25, 0.3) is 11.1 Å². The number of aliphatic imine (C=N–C) groups is 1. The number of hydrogen-bond acceptors (Lipinski definition) is 3. The molecule has 1 N–H and O–H groups in total. The molecule has 102 valence electrons. The Morgan fingerprint density at radius 1 is 0.952 bits per heavy atom. The van der Waals surface area contributed by atoms with E-state index < -0.39 is 0 Å². The third-order valence-corrected chi connectivity index (χ3v) is 3.65. The molecule has 3 aromatic rings. The Labute approximate surface area is 120 Å². The number of H-pyrrole nitrogens is 1. The summed E-state index contributed by atoms with van der Waals surface area (Å²) in [7, 11) is 0. The van der Waals surface area contributed by atoms with E-state index in [1.54, 1.807) is 0 Å². The molecule has 0 saturated heterocycles. The molecule has 0 radical (unpaired) electrons. The summed E-state index contributed by atoms with van der Waals surface area (Å²) in [5.74, 6) is 0.582. The summed E-state index contributed by atoms with van der Waals surface area (Å²) in [6, 6.07) is 17.8. The van der Waals surface area contributed by atoms with Crippen molar-refractivity contribution in [3.8, 4) is 11.1 Å². The molecule has 4 heteroatoms. The predicted molar refractivity (Wildman–Crippen MR) is 80.5 cm³/mol. The normalized spacial score (nSPS) is 13.0. The van der Waals surface area contributed by atoms with Crippen LogP contribution in [-0.2, 0) is 6.54 Å². The van der Waals surface area contributed by atoms with Gasteiger partial charge in [-0.2, -0.15) is 5.16 Å². The van der Waals surface area contributed by atoms with E-state index >= 15 is 0 Å². The van der Waals surface area contributed by atoms with Crippen LogP contribution in [0.3, 0.4) is 0 Å². The molecule has 4 rings (SSSR count). The first-order valence-corrected chi connectivity index (χ1v) is 6.74. The second-order valence-corrected chi connectivity index (χ2v) is 4.91. The average molecular weight is 276 g/mol. The summed E-state index contributed by atoms with van der Waals surface area (Å²) in [6.45, 7) is 0.354. The number of nitrogens with one attached hydrogen (secondary N) is 1. The smallest absolute Gasteiger partial charge is 0.288 e. The molecule has 21 heavy (non-hydrogen) atoms. The van der Waals surface area contributed by atoms with E-state index in [1.165, 1.54) is 0 Å². The summed E-state index contributed by atoms with van der Waals surface area (Å²) in [5, 5.41) is 2.40. The van der Waals surface area contributed by atoms with E-state index in [4.69, 9.17) is 4.52 Å². The van der Waals surface area contributed by atoms with Crippen molar-refractivity contribution in [1.82, 2.24) is 5.16 Å². The summed E-state index contributed by atoms with van der Waals surface area (Å²) in [6.07, 6.45) is 0. The largest absolute Gasteiger partial charge is 0.381 e. The van der Waals surface area contributed by atoms with Crippen molar-refractivity contribution in [2.75, 3.05) is 0 Å². The lowest BCUT2D eigenvalue weighted by Gasteiger charge is -2.09. The third-order valence-electron chi connectivity index (χ3n) is 3.65. The Morgan fingerprint density at radius 3 is 2.48 bits per heavy atom. The van der Waals surface area contributed by atoms with Crippen LogP contribution in [0.2, 0.25) is 0 Å². The predicted octanol–water partition coefficient (Wildman–Crippen LogP) is 2.99. The van der Waals surface area contributed by atoms with Gasteiger partial charge in [0.15, 0.2) is 5.76 Å². The Kier molecular flexibility index (Phi) is 2.60. The number of hydrogen-bond donors (Lipinski definition) is 1. The topological polar surface area (TPSA) is 58.4 Å². The van der Waals surface area contributed by atoms with Crippen molar-refractivity contribution in [1.29, 1.82) is 0 Å². The minimum Gasteiger partial charge on any atom is -0.381 e. The first-order chi connectivity index (χ1) is 10.3. The van der Waals surface area contributed by atoms with Crippen molar-refractivity contribution in [3.63, 3.8) is 0 Å². The van der Waals surface area contributed by atoms with Gasteiger partial charge in [-0.1, -0.05) is 54.6 Å². The van der Waals surface area contributed by atoms with Gasteiger partial charge in [0.1, 0.15) is 6.54 Å². The van der Waals surface area contributed by atoms with Crippen molar-refractivity contribution in [3.05, 3.63) is 81.8 Å². The first kappa shape index (κ1) is 11.9. The quantitative estimate of drug-likeness (QED) is 0.742. The summed E-state index contributed by atoms with van der Waals surface area (Å²) >= 11 is 0. The van der Waals surface area contributed by atoms with E-state index in [0.29, 0.717) is 17.9 Å². The molecule has 2 aromatic carbocycles. The van der Waals surface area contributed by atoms with Gasteiger partial charge < -0.3 is 4.52 Å². The Hall–Kier alpha value is -2.88. The van der Waals surface area contributed by atoms with Crippen LogP contribution >= 0.6 is 0 Å². The highest BCUT2D eigenvalue weighted by molar-refractivity contribution is 6.16. The maximum atomic E-state index is 12.0. The van der Waals surface area contributed by atoms with Gasteiger partial charge in [0.2, 0.25) is 0 Å². The van der Waals surface area contributed by atoms with Gasteiger partial charge in [-0.25, -0.2) is 0 Å². The summed E-state index contributed by atoms with van der Waals surface area (Å²) in [5.41, 5.74) is 4.11. The van der Waals surface area contributed by atoms with Crippen molar-refractivity contribution in [2.24, 2.45) is 4.99 Å². The molecule has 0 fully saturated rings. The van der Waals surface area contributed by atoms with Crippen LogP contribution in [0, 0.1) is 0 Å². The SMILES string of the molecule is O=c1[nH]oc2c1-c1ccccc1C(c1ccccc1)=NC2. The van der Waals surface area contributed by atoms with E-state index in [0.717, 1.165) is 22.4 Å². The fourth-order valence-electron chi connectivity index (χ4n) is 2.71. The molecule has 0 bridgehead atoms. The molecule has 0 atom stereocenters. The van der Waals surface area contributed by atoms with Crippen molar-refractivity contribution >= 4 is 5.71 Å². The second-order valence-electron chi connectivity index (χ2n) is 4.91. The Balaban J connectivity index is 2.02. The monoisotopic (exact) mass is 276 g/mol. The molecular formula is C17H12N2O2. The average Bonchev–Trinajstić information content (AvgIpc) is 2.81. The highest BCUT2D eigenvalue weighted by Crippen LogP contribution is 2.30. The number of fused-ring (bicyclic) bond motifs is 3. The minimum absolute atomic E-state index is 0.207. The standard InChI is InChI=1S/C17H12N2O2/c20-17-15-12-8-4-5-9-13(12)16(11-6-2-1-3-7-11)18-10-14(15)21-19-17/h1-9H,10H2,(H,19,20). The van der Waals surface area contributed by atoms with Gasteiger partial charge in [-0.15, -0.1) is 0 Å². The number of nitrogens with zero attached hydrogens (tertiary/aromatic N) is 1. The van der Waals surface area contributed by atoms with E-state index in [1.807, 2.05) is 54.6 Å². The molecule has 0 unspecified atom stereocenters. The van der Waals surface area contributed by atoms with Gasteiger partial charge >= 0.3 is 0 Å². The zero-order valence-electron chi connectivity index (χ0n) is 11.2. The molecule has 4 nitrogen and oxygen atoms in total. The lowest BCUT2D eigenvalue weighted by Crippen LogP contribution is -2.07. The third kappa shape index (κ3) is 1.84. The zero-order valence-corrected chi connectivity index (χ0v) is 11.2. The molecule has 0 spiro atoms. The molecule has 2 heterocycles. The van der Waals surface area contributed by atoms with E-state index in [2.05, 4.69) is 10.1 Å². The molecule has 1 aliphatic heterocycles. The highest BCUT2D eigenvalue weighted by atomic mass is 16.5. The van der Waals surface area contributed by atoms with Gasteiger partial charge in [-0.05, 0) is 0 Å². The number of rotatable bonds is 1. The molecule has 0 amide bonds. The number of aromatic amines is 1. The van der Waals surface area contributed by atoms with E-state index in [-0.39, 0.29) is 5.56 Å². The summed E-state index contributed by atoms with van der Waals surface area (Å²) in [4.78, 5) is 16.7. The number of aromatic nitrogens is 1. The molecule has 1 aliphatic rings. The van der Waals surface area contributed by atoms with Crippen LogP contribution in [0.1, 0.15) is 16.9 Å². The minimum atomic E-state index is -0.207. The maximum absolute atomic E-state index is 12.0. The van der Waals surface area contributed by atoms with Gasteiger partial charge in [0.05, 0.1) is 11.3 Å². The fraction of sp³-hybridized carbons (Fsp3) is 0.0588. The Bertz CT molecular complexity index is 888. The van der Waals surface area contributed by atoms with Gasteiger partial charge in [0, 0.05) is 16.7 Å². The highest BCUT2D eigenvalue weighted by Gasteiger charge is 2.23. The maximum Gasteiger partial charge on any atom is 0.288 e. The lowest BCUT2D eigenvalue weighted by atomic mass is 9.94. The first-order valence-electron chi connectivity index (χ1n) is 6.74. The second kappa shape index (κ2) is 4.59. The Morgan fingerprint density at radius 2 is 1.67 bits per heavy atom. The van der Waals surface area contributed by atoms with Gasteiger partial charge in [-0.3, -0.25) is 9.79 Å². The summed E-state index contributed by atoms with van der Waals surface area (Å²) < 4.78 is 5.26. The number of benzene rings is 2. The van der Waals surface area contributed by atoms with Crippen LogP contribution in [0.4, 0.5) is 0 Å². The van der Waals surface area contributed by atoms with Crippen LogP contribution in [0.15, 0.2) is 68.9 Å². The molecule has 1 aromatic heterocycles. The van der Waals surface area contributed by atoms with E-state index in [9.17, 15) is 4.79 Å². The van der Waals surface area contributed by atoms with Crippen molar-refractivity contribution < 1.29 is 4.52 Å². The van der Waals surface area contributed by atoms with Crippen LogP contribution in [-0.4, -0.2) is 10.9 Å². The van der Waals surface area contributed by atoms with Gasteiger partial charge in [0.25, 0.3) is 5.56 Å². The van der Waals surface area contributed by atoms with Crippen LogP contribution in [0.5, 0.6) is 0 Å². The molecule has 0 aliphatic carbocycles. The fourth-order valence-corrected chi connectivity index (χ4v) is 2.71. The van der Waals surface area contributed by atoms with Crippen LogP contribution < -0.4 is 5.56 Å². The zero-order chi connectivity index (χ0) is 14.2. The van der Waals surface area contributed by atoms with Crippen molar-refractivity contribution in [2.45, 2.75) is 6.54 Å². The molecule has 0 saturated carbocycles. The molecular weight excluding hydrogens is 264 g/mol.